The minimum absolute atomic E-state index is 0.000630. The van der Waals surface area contributed by atoms with E-state index < -0.39 is 17.6 Å². The minimum Gasteiger partial charge on any atom is -0.439 e. The fourth-order valence-electron chi connectivity index (χ4n) is 3.70. The summed E-state index contributed by atoms with van der Waals surface area (Å²) in [5.41, 5.74) is 5.15. The highest BCUT2D eigenvalue weighted by Gasteiger charge is 2.31. The molecule has 8 nitrogen and oxygen atoms in total. The normalized spacial score (nSPS) is 15.9. The molecule has 1 aliphatic rings. The molecule has 0 radical (unpaired) electrons. The van der Waals surface area contributed by atoms with Crippen molar-refractivity contribution in [1.82, 2.24) is 15.0 Å². The topological polar surface area (TPSA) is 111 Å². The predicted molar refractivity (Wildman–Crippen MR) is 116 cm³/mol. The van der Waals surface area contributed by atoms with Gasteiger partial charge >= 0.3 is 6.18 Å². The number of aromatic nitrogens is 3. The molecule has 0 spiro atoms. The Bertz CT molecular complexity index is 1210. The van der Waals surface area contributed by atoms with E-state index in [9.17, 15) is 22.8 Å². The van der Waals surface area contributed by atoms with Crippen LogP contribution in [0.15, 0.2) is 48.7 Å². The third-order valence-electron chi connectivity index (χ3n) is 5.38. The van der Waals surface area contributed by atoms with Gasteiger partial charge in [-0.25, -0.2) is 15.0 Å². The minimum atomic E-state index is -4.48. The summed E-state index contributed by atoms with van der Waals surface area (Å²) in [6.45, 7) is 2.14. The number of nitrogens with two attached hydrogens (primary N) is 1. The van der Waals surface area contributed by atoms with Crippen molar-refractivity contribution in [2.24, 2.45) is 5.73 Å². The summed E-state index contributed by atoms with van der Waals surface area (Å²) in [5, 5.41) is 0. The van der Waals surface area contributed by atoms with Crippen LogP contribution in [0.3, 0.4) is 0 Å². The molecule has 4 rings (SSSR count). The van der Waals surface area contributed by atoms with Crippen LogP contribution in [0.1, 0.15) is 35.8 Å². The average molecular weight is 471 g/mol. The first kappa shape index (κ1) is 23.1. The highest BCUT2D eigenvalue weighted by molar-refractivity contribution is 5.92. The van der Waals surface area contributed by atoms with Gasteiger partial charge in [-0.15, -0.1) is 0 Å². The molecule has 1 saturated heterocycles. The molecular weight excluding hydrogens is 451 g/mol. The Hall–Kier alpha value is -4.02. The molecule has 1 fully saturated rings. The smallest absolute Gasteiger partial charge is 0.417 e. The number of ether oxygens (including phenoxy) is 1. The van der Waals surface area contributed by atoms with Crippen LogP contribution in [0.2, 0.25) is 0 Å². The summed E-state index contributed by atoms with van der Waals surface area (Å²) in [6, 6.07) is 9.58. The second kappa shape index (κ2) is 9.08. The van der Waals surface area contributed by atoms with Crippen molar-refractivity contribution >= 4 is 17.5 Å². The van der Waals surface area contributed by atoms with E-state index in [1.165, 1.54) is 13.0 Å². The van der Waals surface area contributed by atoms with Crippen molar-refractivity contribution in [3.63, 3.8) is 0 Å². The molecule has 0 aliphatic carbocycles. The summed E-state index contributed by atoms with van der Waals surface area (Å²) in [7, 11) is 0. The van der Waals surface area contributed by atoms with Crippen molar-refractivity contribution in [2.75, 3.05) is 11.4 Å². The summed E-state index contributed by atoms with van der Waals surface area (Å²) in [6.07, 6.45) is -2.27. The van der Waals surface area contributed by atoms with Crippen LogP contribution in [0.25, 0.3) is 11.4 Å². The fourth-order valence-corrected chi connectivity index (χ4v) is 3.70. The van der Waals surface area contributed by atoms with Crippen LogP contribution in [-0.4, -0.2) is 39.2 Å². The Morgan fingerprint density at radius 3 is 2.44 bits per heavy atom. The number of Topliss-reactive ketones (excluding diaryl/α,β-unsaturated/α-hetero) is 1. The number of alkyl halides is 3. The van der Waals surface area contributed by atoms with E-state index in [1.54, 1.807) is 24.3 Å². The Kier molecular flexibility index (Phi) is 6.18. The van der Waals surface area contributed by atoms with Gasteiger partial charge in [0.05, 0.1) is 11.6 Å². The number of anilines is 1. The molecule has 1 aromatic carbocycles. The highest BCUT2D eigenvalue weighted by atomic mass is 19.4. The number of benzene rings is 1. The lowest BCUT2D eigenvalue weighted by Gasteiger charge is -2.24. The molecule has 0 unspecified atom stereocenters. The van der Waals surface area contributed by atoms with Gasteiger partial charge in [0.25, 0.3) is 5.91 Å². The first-order valence-electron chi connectivity index (χ1n) is 10.4. The number of hydrogen-bond acceptors (Lipinski definition) is 7. The molecule has 34 heavy (non-hydrogen) atoms. The molecule has 1 aliphatic heterocycles. The van der Waals surface area contributed by atoms with E-state index in [0.29, 0.717) is 36.3 Å². The molecule has 3 aromatic rings. The van der Waals surface area contributed by atoms with Gasteiger partial charge in [0, 0.05) is 30.4 Å². The lowest BCUT2D eigenvalue weighted by molar-refractivity contribution is -0.137. The van der Waals surface area contributed by atoms with Gasteiger partial charge in [0.2, 0.25) is 5.88 Å². The van der Waals surface area contributed by atoms with Crippen molar-refractivity contribution in [3.8, 4) is 23.0 Å². The quantitative estimate of drug-likeness (QED) is 0.578. The number of amides is 1. The molecule has 1 amide bonds. The van der Waals surface area contributed by atoms with Crippen molar-refractivity contribution in [2.45, 2.75) is 32.0 Å². The predicted octanol–water partition coefficient (Wildman–Crippen LogP) is 4.01. The number of rotatable bonds is 6. The first-order valence-corrected chi connectivity index (χ1v) is 10.4. The van der Waals surface area contributed by atoms with Crippen LogP contribution in [0.4, 0.5) is 19.0 Å². The molecule has 0 saturated carbocycles. The summed E-state index contributed by atoms with van der Waals surface area (Å²) >= 11 is 0. The Labute approximate surface area is 192 Å². The van der Waals surface area contributed by atoms with E-state index in [2.05, 4.69) is 15.0 Å². The van der Waals surface area contributed by atoms with Gasteiger partial charge < -0.3 is 15.4 Å². The molecule has 2 N–H and O–H groups in total. The van der Waals surface area contributed by atoms with Crippen LogP contribution < -0.4 is 15.4 Å². The third-order valence-corrected chi connectivity index (χ3v) is 5.38. The Balaban J connectivity index is 1.59. The SMILES string of the molecule is CC(=O)[C@@H]1CCCN1c1cc(C(N)=O)nc(-c2ccc(Oc3ccc(C(F)(F)F)cn3)cc2)n1. The van der Waals surface area contributed by atoms with E-state index in [1.807, 2.05) is 4.90 Å². The van der Waals surface area contributed by atoms with Gasteiger partial charge in [-0.1, -0.05) is 0 Å². The standard InChI is InChI=1S/C23H20F3N5O3/c1-13(32)18-3-2-10-31(18)19-11-17(21(27)33)29-22(30-19)14-4-7-16(8-5-14)34-20-9-6-15(12-28-20)23(24,25)26/h4-9,11-12,18H,2-3,10H2,1H3,(H2,27,33)/t18-/m0/s1. The van der Waals surface area contributed by atoms with Gasteiger partial charge in [-0.3, -0.25) is 9.59 Å². The van der Waals surface area contributed by atoms with E-state index >= 15 is 0 Å². The number of ketones is 1. The monoisotopic (exact) mass is 471 g/mol. The van der Waals surface area contributed by atoms with Crippen molar-refractivity contribution in [1.29, 1.82) is 0 Å². The number of hydrogen-bond donors (Lipinski definition) is 1. The summed E-state index contributed by atoms with van der Waals surface area (Å²) < 4.78 is 43.5. The average Bonchev–Trinajstić information content (AvgIpc) is 3.29. The molecule has 3 heterocycles. The van der Waals surface area contributed by atoms with Crippen LogP contribution in [-0.2, 0) is 11.0 Å². The maximum Gasteiger partial charge on any atom is 0.417 e. The zero-order chi connectivity index (χ0) is 24.5. The first-order chi connectivity index (χ1) is 16.1. The maximum absolute atomic E-state index is 12.7. The largest absolute Gasteiger partial charge is 0.439 e. The van der Waals surface area contributed by atoms with E-state index in [4.69, 9.17) is 10.5 Å². The molecule has 2 aromatic heterocycles. The molecule has 1 atom stereocenters. The van der Waals surface area contributed by atoms with Gasteiger partial charge in [-0.05, 0) is 50.1 Å². The lowest BCUT2D eigenvalue weighted by atomic mass is 10.1. The number of carbonyl (C=O) groups is 2. The maximum atomic E-state index is 12.7. The summed E-state index contributed by atoms with van der Waals surface area (Å²) in [4.78, 5) is 38.2. The van der Waals surface area contributed by atoms with Gasteiger partial charge in [-0.2, -0.15) is 13.2 Å². The zero-order valence-electron chi connectivity index (χ0n) is 18.0. The number of halogens is 3. The van der Waals surface area contributed by atoms with Gasteiger partial charge in [0.1, 0.15) is 17.3 Å². The fraction of sp³-hybridized carbons (Fsp3) is 0.261. The van der Waals surface area contributed by atoms with Crippen LogP contribution >= 0.6 is 0 Å². The number of carbonyl (C=O) groups excluding carboxylic acids is 2. The van der Waals surface area contributed by atoms with E-state index in [-0.39, 0.29) is 29.2 Å². The zero-order valence-corrected chi connectivity index (χ0v) is 18.0. The second-order valence-corrected chi connectivity index (χ2v) is 7.77. The van der Waals surface area contributed by atoms with Crippen molar-refractivity contribution in [3.05, 3.63) is 59.9 Å². The number of primary amides is 1. The number of pyridine rings is 1. The Morgan fingerprint density at radius 1 is 1.12 bits per heavy atom. The summed E-state index contributed by atoms with van der Waals surface area (Å²) in [5.74, 6) is 0.289. The van der Waals surface area contributed by atoms with E-state index in [0.717, 1.165) is 18.6 Å². The lowest BCUT2D eigenvalue weighted by Crippen LogP contribution is -2.35. The highest BCUT2D eigenvalue weighted by Crippen LogP contribution is 2.31. The van der Waals surface area contributed by atoms with Crippen molar-refractivity contribution < 1.29 is 27.5 Å². The molecule has 11 heteroatoms. The Morgan fingerprint density at radius 2 is 1.85 bits per heavy atom. The van der Waals surface area contributed by atoms with Gasteiger partial charge in [0.15, 0.2) is 11.6 Å². The molecule has 0 bridgehead atoms. The number of nitrogens with zero attached hydrogens (tertiary/aromatic N) is 4. The van der Waals surface area contributed by atoms with Crippen LogP contribution in [0.5, 0.6) is 11.6 Å². The molecular formula is C23H20F3N5O3. The third kappa shape index (κ3) is 4.98. The van der Waals surface area contributed by atoms with Crippen LogP contribution in [0, 0.1) is 0 Å². The second-order valence-electron chi connectivity index (χ2n) is 7.77. The molecule has 176 valence electrons.